The zero-order valence-electron chi connectivity index (χ0n) is 21.0. The molecule has 2 atom stereocenters. The van der Waals surface area contributed by atoms with E-state index in [9.17, 15) is 14.7 Å². The Bertz CT molecular complexity index is 1150. The van der Waals surface area contributed by atoms with Gasteiger partial charge in [0.05, 0.1) is 21.3 Å². The maximum atomic E-state index is 13.1. The molecule has 1 saturated heterocycles. The van der Waals surface area contributed by atoms with Gasteiger partial charge in [0.1, 0.15) is 5.75 Å². The fourth-order valence-corrected chi connectivity index (χ4v) is 5.11. The maximum Gasteiger partial charge on any atom is 0.321 e. The van der Waals surface area contributed by atoms with Gasteiger partial charge in [-0.05, 0) is 60.9 Å². The molecule has 2 heterocycles. The predicted octanol–water partition coefficient (Wildman–Crippen LogP) is 4.09. The molecule has 0 radical (unpaired) electrons. The van der Waals surface area contributed by atoms with Crippen LogP contribution < -0.4 is 19.5 Å². The SMILES string of the molecule is COc1cccc(NC(=O)N2CC[C@@H](CC(=O)O)[C@@H](CC3=NCCc4cc(OC)c(OC)cc43)C2)c1. The van der Waals surface area contributed by atoms with E-state index in [1.165, 1.54) is 0 Å². The number of carboxylic acid groups (broad SMARTS) is 1. The van der Waals surface area contributed by atoms with E-state index in [1.807, 2.05) is 30.3 Å². The lowest BCUT2D eigenvalue weighted by atomic mass is 9.78. The molecule has 4 rings (SSSR count). The van der Waals surface area contributed by atoms with Crippen molar-refractivity contribution in [3.05, 3.63) is 47.5 Å². The van der Waals surface area contributed by atoms with Crippen molar-refractivity contribution in [2.45, 2.75) is 25.7 Å². The van der Waals surface area contributed by atoms with Crippen LogP contribution in [-0.4, -0.2) is 68.7 Å². The maximum absolute atomic E-state index is 13.1. The fourth-order valence-electron chi connectivity index (χ4n) is 5.11. The molecule has 9 heteroatoms. The second-order valence-corrected chi connectivity index (χ2v) is 9.16. The van der Waals surface area contributed by atoms with Gasteiger partial charge in [0.2, 0.25) is 0 Å². The third-order valence-electron chi connectivity index (χ3n) is 7.00. The summed E-state index contributed by atoms with van der Waals surface area (Å²) in [6.45, 7) is 1.61. The van der Waals surface area contributed by atoms with Crippen molar-refractivity contribution in [2.75, 3.05) is 46.3 Å². The van der Waals surface area contributed by atoms with E-state index in [4.69, 9.17) is 19.2 Å². The molecule has 2 aromatic carbocycles. The van der Waals surface area contributed by atoms with Crippen LogP contribution in [0.5, 0.6) is 17.2 Å². The number of nitrogens with one attached hydrogen (secondary N) is 1. The quantitative estimate of drug-likeness (QED) is 0.571. The summed E-state index contributed by atoms with van der Waals surface area (Å²) in [5.74, 6) is 1.07. The molecule has 0 unspecified atom stereocenters. The van der Waals surface area contributed by atoms with Gasteiger partial charge in [-0.3, -0.25) is 9.79 Å². The average Bonchev–Trinajstić information content (AvgIpc) is 2.88. The van der Waals surface area contributed by atoms with Crippen molar-refractivity contribution >= 4 is 23.4 Å². The Morgan fingerprint density at radius 1 is 1.08 bits per heavy atom. The second-order valence-electron chi connectivity index (χ2n) is 9.16. The Morgan fingerprint density at radius 2 is 1.86 bits per heavy atom. The van der Waals surface area contributed by atoms with Crippen molar-refractivity contribution in [1.29, 1.82) is 0 Å². The lowest BCUT2D eigenvalue weighted by molar-refractivity contribution is -0.138. The first-order chi connectivity index (χ1) is 17.4. The van der Waals surface area contributed by atoms with Crippen molar-refractivity contribution in [3.8, 4) is 17.2 Å². The fraction of sp³-hybridized carbons (Fsp3) is 0.444. The van der Waals surface area contributed by atoms with E-state index in [-0.39, 0.29) is 24.3 Å². The van der Waals surface area contributed by atoms with E-state index in [2.05, 4.69) is 5.32 Å². The standard InChI is InChI=1S/C27H33N3O6/c1-34-21-6-4-5-20(14-21)29-27(33)30-10-8-17(13-26(31)32)19(16-30)11-23-22-15-25(36-3)24(35-2)12-18(22)7-9-28-23/h4-6,12,14-15,17,19H,7-11,13,16H2,1-3H3,(H,29,33)(H,31,32)/t17-,19-/m0/s1. The number of ether oxygens (including phenoxy) is 3. The van der Waals surface area contributed by atoms with E-state index in [1.54, 1.807) is 32.3 Å². The second kappa shape index (κ2) is 11.3. The minimum atomic E-state index is -0.823. The summed E-state index contributed by atoms with van der Waals surface area (Å²) in [6, 6.07) is 10.9. The van der Waals surface area contributed by atoms with Crippen molar-refractivity contribution in [1.82, 2.24) is 4.90 Å². The highest BCUT2D eigenvalue weighted by Gasteiger charge is 2.34. The van der Waals surface area contributed by atoms with E-state index in [0.29, 0.717) is 55.4 Å². The molecule has 9 nitrogen and oxygen atoms in total. The van der Waals surface area contributed by atoms with Crippen LogP contribution in [0.4, 0.5) is 10.5 Å². The number of rotatable bonds is 8. The number of piperidine rings is 1. The monoisotopic (exact) mass is 495 g/mol. The number of anilines is 1. The number of carbonyl (C=O) groups excluding carboxylic acids is 1. The molecule has 0 aliphatic carbocycles. The smallest absolute Gasteiger partial charge is 0.321 e. The van der Waals surface area contributed by atoms with Gasteiger partial charge in [-0.1, -0.05) is 6.07 Å². The Morgan fingerprint density at radius 3 is 2.58 bits per heavy atom. The van der Waals surface area contributed by atoms with Gasteiger partial charge in [-0.15, -0.1) is 0 Å². The third kappa shape index (κ3) is 5.72. The average molecular weight is 496 g/mol. The van der Waals surface area contributed by atoms with E-state index < -0.39 is 5.97 Å². The molecular weight excluding hydrogens is 462 g/mol. The zero-order valence-corrected chi connectivity index (χ0v) is 21.0. The Hall–Kier alpha value is -3.75. The number of carbonyl (C=O) groups is 2. The lowest BCUT2D eigenvalue weighted by Gasteiger charge is -2.38. The van der Waals surface area contributed by atoms with Crippen molar-refractivity contribution in [3.63, 3.8) is 0 Å². The number of amides is 2. The number of aliphatic carboxylic acids is 1. The van der Waals surface area contributed by atoms with Crippen LogP contribution in [-0.2, 0) is 11.2 Å². The molecule has 2 aliphatic rings. The number of hydrogen-bond acceptors (Lipinski definition) is 6. The van der Waals surface area contributed by atoms with Gasteiger partial charge in [-0.25, -0.2) is 4.79 Å². The molecule has 2 aliphatic heterocycles. The van der Waals surface area contributed by atoms with Crippen LogP contribution in [0, 0.1) is 11.8 Å². The Kier molecular flexibility index (Phi) is 7.97. The number of benzene rings is 2. The number of fused-ring (bicyclic) bond motifs is 1. The van der Waals surface area contributed by atoms with Gasteiger partial charge in [0.15, 0.2) is 11.5 Å². The number of carboxylic acids is 1. The number of methoxy groups -OCH3 is 3. The molecule has 0 aromatic heterocycles. The van der Waals surface area contributed by atoms with Crippen LogP contribution in [0.3, 0.4) is 0 Å². The van der Waals surface area contributed by atoms with Crippen molar-refractivity contribution in [2.24, 2.45) is 16.8 Å². The topological polar surface area (TPSA) is 110 Å². The molecule has 0 saturated carbocycles. The van der Waals surface area contributed by atoms with Gasteiger partial charge < -0.3 is 29.5 Å². The first-order valence-electron chi connectivity index (χ1n) is 12.1. The zero-order chi connectivity index (χ0) is 25.7. The number of aliphatic imine (C=N–C) groups is 1. The molecule has 2 N–H and O–H groups in total. The predicted molar refractivity (Wildman–Crippen MR) is 137 cm³/mol. The molecule has 2 aromatic rings. The highest BCUT2D eigenvalue weighted by molar-refractivity contribution is 6.03. The first-order valence-corrected chi connectivity index (χ1v) is 12.1. The largest absolute Gasteiger partial charge is 0.497 e. The summed E-state index contributed by atoms with van der Waals surface area (Å²) in [6.07, 6.45) is 2.08. The highest BCUT2D eigenvalue weighted by Crippen LogP contribution is 2.36. The molecule has 192 valence electrons. The molecule has 0 spiro atoms. The summed E-state index contributed by atoms with van der Waals surface area (Å²) in [5, 5.41) is 12.5. The minimum Gasteiger partial charge on any atom is -0.497 e. The normalized spacial score (nSPS) is 19.1. The summed E-state index contributed by atoms with van der Waals surface area (Å²) in [4.78, 5) is 31.3. The summed E-state index contributed by atoms with van der Waals surface area (Å²) < 4.78 is 16.2. The molecule has 36 heavy (non-hydrogen) atoms. The molecule has 0 bridgehead atoms. The van der Waals surface area contributed by atoms with Crippen molar-refractivity contribution < 1.29 is 28.9 Å². The Balaban J connectivity index is 1.53. The van der Waals surface area contributed by atoms with E-state index in [0.717, 1.165) is 23.3 Å². The van der Waals surface area contributed by atoms with Crippen LogP contribution >= 0.6 is 0 Å². The Labute approximate surface area is 211 Å². The minimum absolute atomic E-state index is 0.0382. The summed E-state index contributed by atoms with van der Waals surface area (Å²) >= 11 is 0. The van der Waals surface area contributed by atoms with Gasteiger partial charge in [0.25, 0.3) is 0 Å². The number of hydrogen-bond donors (Lipinski definition) is 2. The van der Waals surface area contributed by atoms with Gasteiger partial charge >= 0.3 is 12.0 Å². The van der Waals surface area contributed by atoms with Gasteiger partial charge in [-0.2, -0.15) is 0 Å². The van der Waals surface area contributed by atoms with E-state index >= 15 is 0 Å². The molecule has 1 fully saturated rings. The number of nitrogens with zero attached hydrogens (tertiary/aromatic N) is 2. The number of likely N-dealkylation sites (tertiary alicyclic amines) is 1. The number of urea groups is 1. The molecule has 2 amide bonds. The van der Waals surface area contributed by atoms with Crippen LogP contribution in [0.2, 0.25) is 0 Å². The first kappa shape index (κ1) is 25.3. The lowest BCUT2D eigenvalue weighted by Crippen LogP contribution is -2.46. The highest BCUT2D eigenvalue weighted by atomic mass is 16.5. The van der Waals surface area contributed by atoms with Crippen LogP contribution in [0.15, 0.2) is 41.4 Å². The summed E-state index contributed by atoms with van der Waals surface area (Å²) in [5.41, 5.74) is 3.71. The van der Waals surface area contributed by atoms with Crippen LogP contribution in [0.25, 0.3) is 0 Å². The third-order valence-corrected chi connectivity index (χ3v) is 7.00. The van der Waals surface area contributed by atoms with Crippen LogP contribution in [0.1, 0.15) is 30.4 Å². The summed E-state index contributed by atoms with van der Waals surface area (Å²) in [7, 11) is 4.80. The van der Waals surface area contributed by atoms with Gasteiger partial charge in [0, 0.05) is 49.1 Å². The molecular formula is C27H33N3O6.